The molecule has 0 saturated carbocycles. The van der Waals surface area contributed by atoms with Gasteiger partial charge >= 0.3 is 0 Å². The summed E-state index contributed by atoms with van der Waals surface area (Å²) in [6.45, 7) is 2.08. The van der Waals surface area contributed by atoms with Gasteiger partial charge < -0.3 is 16.6 Å². The van der Waals surface area contributed by atoms with Crippen LogP contribution in [0.1, 0.15) is 19.3 Å². The maximum atomic E-state index is 9.20. The molecule has 0 aromatic rings. The zero-order valence-corrected chi connectivity index (χ0v) is 6.92. The van der Waals surface area contributed by atoms with Crippen LogP contribution in [-0.2, 0) is 0 Å². The molecule has 4 heteroatoms. The second-order valence-corrected chi connectivity index (χ2v) is 2.54. The summed E-state index contributed by atoms with van der Waals surface area (Å²) in [5.41, 5.74) is 10.5. The van der Waals surface area contributed by atoms with Crippen molar-refractivity contribution < 1.29 is 5.11 Å². The summed E-state index contributed by atoms with van der Waals surface area (Å²) in [5, 5.41) is 12.1. The molecule has 0 bridgehead atoms. The van der Waals surface area contributed by atoms with E-state index in [4.69, 9.17) is 11.5 Å². The lowest BCUT2D eigenvalue weighted by atomic mass is 10.3. The van der Waals surface area contributed by atoms with E-state index in [-0.39, 0.29) is 0 Å². The number of aliphatic hydroxyl groups is 1. The molecule has 6 N–H and O–H groups in total. The summed E-state index contributed by atoms with van der Waals surface area (Å²) in [6, 6.07) is 0. The van der Waals surface area contributed by atoms with E-state index in [1.807, 2.05) is 0 Å². The molecule has 0 saturated heterocycles. The molecule has 11 heavy (non-hydrogen) atoms. The molecule has 1 unspecified atom stereocenters. The molecule has 0 aliphatic carbocycles. The van der Waals surface area contributed by atoms with E-state index >= 15 is 0 Å². The fourth-order valence-electron chi connectivity index (χ4n) is 0.784. The lowest BCUT2D eigenvalue weighted by Crippen LogP contribution is -2.31. The smallest absolute Gasteiger partial charge is 0.104 e. The molecule has 0 heterocycles. The van der Waals surface area contributed by atoms with Crippen molar-refractivity contribution in [1.82, 2.24) is 5.32 Å². The zero-order valence-electron chi connectivity index (χ0n) is 6.92. The van der Waals surface area contributed by atoms with Crippen LogP contribution >= 0.6 is 0 Å². The van der Waals surface area contributed by atoms with Crippen molar-refractivity contribution in [3.8, 4) is 0 Å². The van der Waals surface area contributed by atoms with Crippen molar-refractivity contribution in [3.63, 3.8) is 0 Å². The minimum atomic E-state index is -0.412. The van der Waals surface area contributed by atoms with Gasteiger partial charge in [-0.05, 0) is 38.9 Å². The van der Waals surface area contributed by atoms with Crippen molar-refractivity contribution >= 4 is 0 Å². The SMILES string of the molecule is NCCCNC(O)CCCN. The van der Waals surface area contributed by atoms with Crippen LogP contribution in [0.15, 0.2) is 0 Å². The fourth-order valence-corrected chi connectivity index (χ4v) is 0.784. The van der Waals surface area contributed by atoms with Crippen LogP contribution in [0.3, 0.4) is 0 Å². The van der Waals surface area contributed by atoms with E-state index in [2.05, 4.69) is 5.32 Å². The summed E-state index contributed by atoms with van der Waals surface area (Å²) in [7, 11) is 0. The third-order valence-electron chi connectivity index (χ3n) is 1.44. The molecule has 0 rings (SSSR count). The Morgan fingerprint density at radius 2 is 1.82 bits per heavy atom. The summed E-state index contributed by atoms with van der Waals surface area (Å²) in [5.74, 6) is 0. The number of hydrogen-bond donors (Lipinski definition) is 4. The molecular formula is C7H19N3O. The van der Waals surface area contributed by atoms with Crippen LogP contribution < -0.4 is 16.8 Å². The molecular weight excluding hydrogens is 142 g/mol. The standard InChI is InChI=1S/C7H19N3O/c8-4-1-3-7(11)10-6-2-5-9/h7,10-11H,1-6,8-9H2. The maximum absolute atomic E-state index is 9.20. The first-order valence-corrected chi connectivity index (χ1v) is 4.13. The van der Waals surface area contributed by atoms with Gasteiger partial charge in [0.15, 0.2) is 0 Å². The Morgan fingerprint density at radius 3 is 2.36 bits per heavy atom. The van der Waals surface area contributed by atoms with Gasteiger partial charge in [0.1, 0.15) is 6.23 Å². The average Bonchev–Trinajstić information content (AvgIpc) is 2.01. The second kappa shape index (κ2) is 7.94. The molecule has 0 radical (unpaired) electrons. The Hall–Kier alpha value is -0.160. The van der Waals surface area contributed by atoms with Crippen LogP contribution in [0, 0.1) is 0 Å². The maximum Gasteiger partial charge on any atom is 0.104 e. The molecule has 0 fully saturated rings. The predicted molar refractivity (Wildman–Crippen MR) is 46.0 cm³/mol. The van der Waals surface area contributed by atoms with Gasteiger partial charge in [-0.1, -0.05) is 0 Å². The monoisotopic (exact) mass is 161 g/mol. The van der Waals surface area contributed by atoms with Crippen LogP contribution in [0.5, 0.6) is 0 Å². The van der Waals surface area contributed by atoms with Gasteiger partial charge in [0.2, 0.25) is 0 Å². The van der Waals surface area contributed by atoms with Crippen molar-refractivity contribution in [2.45, 2.75) is 25.5 Å². The van der Waals surface area contributed by atoms with Crippen LogP contribution in [-0.4, -0.2) is 31.0 Å². The highest BCUT2D eigenvalue weighted by Gasteiger charge is 1.99. The average molecular weight is 161 g/mol. The number of rotatable bonds is 7. The third kappa shape index (κ3) is 7.74. The molecule has 0 aromatic heterocycles. The van der Waals surface area contributed by atoms with Crippen LogP contribution in [0.25, 0.3) is 0 Å². The van der Waals surface area contributed by atoms with E-state index < -0.39 is 6.23 Å². The lowest BCUT2D eigenvalue weighted by molar-refractivity contribution is 0.126. The molecule has 4 nitrogen and oxygen atoms in total. The Morgan fingerprint density at radius 1 is 1.18 bits per heavy atom. The Bertz CT molecular complexity index is 80.1. The molecule has 68 valence electrons. The van der Waals surface area contributed by atoms with Gasteiger partial charge in [0.05, 0.1) is 0 Å². The van der Waals surface area contributed by atoms with Crippen molar-refractivity contribution in [2.24, 2.45) is 11.5 Å². The number of aliphatic hydroxyl groups excluding tert-OH is 1. The predicted octanol–water partition coefficient (Wildman–Crippen LogP) is -1.02. The first-order chi connectivity index (χ1) is 5.31. The molecule has 0 aromatic carbocycles. The summed E-state index contributed by atoms with van der Waals surface area (Å²) >= 11 is 0. The fraction of sp³-hybridized carbons (Fsp3) is 1.00. The van der Waals surface area contributed by atoms with Gasteiger partial charge in [0, 0.05) is 0 Å². The van der Waals surface area contributed by atoms with Crippen molar-refractivity contribution in [3.05, 3.63) is 0 Å². The quantitative estimate of drug-likeness (QED) is 0.284. The molecule has 0 amide bonds. The number of hydrogen-bond acceptors (Lipinski definition) is 4. The third-order valence-corrected chi connectivity index (χ3v) is 1.44. The van der Waals surface area contributed by atoms with Gasteiger partial charge in [-0.25, -0.2) is 0 Å². The Labute approximate surface area is 68.0 Å². The molecule has 0 spiro atoms. The molecule has 0 aliphatic rings. The van der Waals surface area contributed by atoms with E-state index in [1.165, 1.54) is 0 Å². The van der Waals surface area contributed by atoms with E-state index in [0.29, 0.717) is 13.1 Å². The lowest BCUT2D eigenvalue weighted by Gasteiger charge is -2.10. The van der Waals surface area contributed by atoms with E-state index in [9.17, 15) is 5.11 Å². The van der Waals surface area contributed by atoms with Crippen molar-refractivity contribution in [2.75, 3.05) is 19.6 Å². The highest BCUT2D eigenvalue weighted by Crippen LogP contribution is 1.90. The Kier molecular flexibility index (Phi) is 7.83. The highest BCUT2D eigenvalue weighted by molar-refractivity contribution is 4.54. The van der Waals surface area contributed by atoms with Gasteiger partial charge in [0.25, 0.3) is 0 Å². The number of nitrogens with one attached hydrogen (secondary N) is 1. The van der Waals surface area contributed by atoms with Crippen LogP contribution in [0.2, 0.25) is 0 Å². The first kappa shape index (κ1) is 10.8. The molecule has 1 atom stereocenters. The first-order valence-electron chi connectivity index (χ1n) is 4.13. The van der Waals surface area contributed by atoms with Gasteiger partial charge in [-0.2, -0.15) is 0 Å². The zero-order chi connectivity index (χ0) is 8.53. The summed E-state index contributed by atoms with van der Waals surface area (Å²) < 4.78 is 0. The Balaban J connectivity index is 3.02. The number of nitrogens with two attached hydrogens (primary N) is 2. The van der Waals surface area contributed by atoms with E-state index in [0.717, 1.165) is 25.8 Å². The van der Waals surface area contributed by atoms with Gasteiger partial charge in [-0.3, -0.25) is 5.32 Å². The summed E-state index contributed by atoms with van der Waals surface area (Å²) in [6.07, 6.45) is 2.07. The highest BCUT2D eigenvalue weighted by atomic mass is 16.3. The minimum Gasteiger partial charge on any atom is -0.379 e. The van der Waals surface area contributed by atoms with E-state index in [1.54, 1.807) is 0 Å². The summed E-state index contributed by atoms with van der Waals surface area (Å²) in [4.78, 5) is 0. The minimum absolute atomic E-state index is 0.412. The van der Waals surface area contributed by atoms with Gasteiger partial charge in [-0.15, -0.1) is 0 Å². The largest absolute Gasteiger partial charge is 0.379 e. The topological polar surface area (TPSA) is 84.3 Å². The molecule has 0 aliphatic heterocycles. The van der Waals surface area contributed by atoms with Crippen molar-refractivity contribution in [1.29, 1.82) is 0 Å². The van der Waals surface area contributed by atoms with Crippen LogP contribution in [0.4, 0.5) is 0 Å². The second-order valence-electron chi connectivity index (χ2n) is 2.54. The normalized spacial score (nSPS) is 13.4.